The summed E-state index contributed by atoms with van der Waals surface area (Å²) in [7, 11) is 0. The predicted octanol–water partition coefficient (Wildman–Crippen LogP) is 1.71. The quantitative estimate of drug-likeness (QED) is 0.447. The van der Waals surface area contributed by atoms with Crippen molar-refractivity contribution < 1.29 is 27.9 Å². The van der Waals surface area contributed by atoms with E-state index in [0.29, 0.717) is 5.01 Å². The zero-order valence-electron chi connectivity index (χ0n) is 17.6. The van der Waals surface area contributed by atoms with Gasteiger partial charge in [0, 0.05) is 24.5 Å². The summed E-state index contributed by atoms with van der Waals surface area (Å²) in [6, 6.07) is -0.518. The van der Waals surface area contributed by atoms with Crippen LogP contribution in [0.3, 0.4) is 0 Å². The van der Waals surface area contributed by atoms with Gasteiger partial charge in [0.1, 0.15) is 0 Å². The lowest BCUT2D eigenvalue weighted by atomic mass is 9.66. The zero-order chi connectivity index (χ0) is 23.5. The minimum atomic E-state index is -1.77. The summed E-state index contributed by atoms with van der Waals surface area (Å²) in [5, 5.41) is 6.45. The van der Waals surface area contributed by atoms with Crippen LogP contribution >= 0.6 is 11.3 Å². The van der Waals surface area contributed by atoms with Gasteiger partial charge in [-0.1, -0.05) is 5.92 Å². The summed E-state index contributed by atoms with van der Waals surface area (Å²) < 4.78 is 36.4. The lowest BCUT2D eigenvalue weighted by Gasteiger charge is -2.55. The third-order valence-electron chi connectivity index (χ3n) is 6.20. The molecule has 0 aliphatic carbocycles. The number of hydrogen-bond donors (Lipinski definition) is 2. The van der Waals surface area contributed by atoms with Crippen molar-refractivity contribution in [2.24, 2.45) is 5.41 Å². The van der Waals surface area contributed by atoms with E-state index in [1.807, 2.05) is 0 Å². The number of nitrogens with one attached hydrogen (secondary N) is 2. The van der Waals surface area contributed by atoms with E-state index in [1.54, 1.807) is 25.4 Å². The Bertz CT molecular complexity index is 1230. The number of halogens is 2. The Morgan fingerprint density at radius 3 is 2.58 bits per heavy atom. The maximum Gasteiger partial charge on any atom is 0.328 e. The maximum absolute atomic E-state index is 15.5. The molecule has 1 aromatic carbocycles. The summed E-state index contributed by atoms with van der Waals surface area (Å²) in [5.74, 6) is 1.46. The molecular formula is C22H18F2N4O4S. The Morgan fingerprint density at radius 2 is 1.91 bits per heavy atom. The van der Waals surface area contributed by atoms with Gasteiger partial charge >= 0.3 is 6.03 Å². The number of urea groups is 1. The van der Waals surface area contributed by atoms with Crippen molar-refractivity contribution in [2.75, 3.05) is 11.4 Å². The molecule has 2 fully saturated rings. The van der Waals surface area contributed by atoms with Crippen molar-refractivity contribution in [3.05, 3.63) is 45.4 Å². The number of benzene rings is 1. The summed E-state index contributed by atoms with van der Waals surface area (Å²) in [6.45, 7) is 3.55. The van der Waals surface area contributed by atoms with Crippen LogP contribution in [-0.4, -0.2) is 47.6 Å². The molecule has 0 saturated carbocycles. The number of nitrogens with zero attached hydrogens (tertiary/aromatic N) is 2. The van der Waals surface area contributed by atoms with Gasteiger partial charge in [-0.05, 0) is 31.4 Å². The summed E-state index contributed by atoms with van der Waals surface area (Å²) >= 11 is 1.25. The van der Waals surface area contributed by atoms with Crippen LogP contribution in [0.25, 0.3) is 0 Å². The molecule has 0 unspecified atom stereocenters. The van der Waals surface area contributed by atoms with E-state index in [9.17, 15) is 14.4 Å². The second kappa shape index (κ2) is 7.60. The molecule has 4 heterocycles. The van der Waals surface area contributed by atoms with E-state index in [4.69, 9.17) is 4.74 Å². The predicted molar refractivity (Wildman–Crippen MR) is 113 cm³/mol. The fraction of sp³-hybridized carbons (Fsp3) is 0.364. The third-order valence-corrected chi connectivity index (χ3v) is 6.89. The molecule has 5 rings (SSSR count). The fourth-order valence-electron chi connectivity index (χ4n) is 5.03. The minimum absolute atomic E-state index is 0.0255. The molecular weight excluding hydrogens is 454 g/mol. The van der Waals surface area contributed by atoms with Gasteiger partial charge in [0.05, 0.1) is 29.5 Å². The van der Waals surface area contributed by atoms with Crippen LogP contribution in [0.4, 0.5) is 19.3 Å². The molecule has 1 aromatic heterocycles. The maximum atomic E-state index is 15.5. The van der Waals surface area contributed by atoms with E-state index in [0.717, 1.165) is 0 Å². The van der Waals surface area contributed by atoms with E-state index in [1.165, 1.54) is 22.3 Å². The van der Waals surface area contributed by atoms with Crippen molar-refractivity contribution in [3.63, 3.8) is 0 Å². The first-order valence-corrected chi connectivity index (χ1v) is 11.1. The van der Waals surface area contributed by atoms with Crippen LogP contribution in [-0.2, 0) is 20.7 Å². The number of carbonyl (C=O) groups is 3. The van der Waals surface area contributed by atoms with Crippen LogP contribution in [0.1, 0.15) is 30.0 Å². The van der Waals surface area contributed by atoms with Crippen LogP contribution < -0.4 is 15.5 Å². The van der Waals surface area contributed by atoms with Gasteiger partial charge in [-0.3, -0.25) is 20.2 Å². The average Bonchev–Trinajstić information content (AvgIpc) is 3.26. The average molecular weight is 472 g/mol. The van der Waals surface area contributed by atoms with Crippen molar-refractivity contribution in [2.45, 2.75) is 38.5 Å². The molecule has 2 aromatic rings. The SMILES string of the molecule is C[C@@H]1CN2c3c(cc(C#Cc4nccs4)c(F)c3F)CC3(C(=O)NC(=O)NC3=O)[C@H]2[C@H](C)O1. The molecule has 170 valence electrons. The molecule has 8 nitrogen and oxygen atoms in total. The van der Waals surface area contributed by atoms with Gasteiger partial charge in [0.2, 0.25) is 11.8 Å². The molecule has 4 amide bonds. The molecule has 0 radical (unpaired) electrons. The Labute approximate surface area is 191 Å². The third kappa shape index (κ3) is 3.20. The van der Waals surface area contributed by atoms with Crippen LogP contribution in [0, 0.1) is 28.9 Å². The number of fused-ring (bicyclic) bond motifs is 4. The standard InChI is InChI=1S/C22H18F2N4O4S/c1-10-9-28-17-13(7-12(15(23)16(17)24)3-4-14-25-5-6-33-14)8-22(18(28)11(2)32-10)19(29)26-21(31)27-20(22)30/h5-7,10-11,18H,8-9H2,1-2H3,(H2,26,27,29,30,31)/t10-,11+,18-/m1/s1. The number of anilines is 1. The highest BCUT2D eigenvalue weighted by molar-refractivity contribution is 7.10. The van der Waals surface area contributed by atoms with Crippen molar-refractivity contribution in [1.82, 2.24) is 15.6 Å². The van der Waals surface area contributed by atoms with Gasteiger partial charge < -0.3 is 9.64 Å². The highest BCUT2D eigenvalue weighted by Crippen LogP contribution is 2.48. The number of thiazole rings is 1. The van der Waals surface area contributed by atoms with Crippen LogP contribution in [0.15, 0.2) is 17.6 Å². The van der Waals surface area contributed by atoms with Crippen LogP contribution in [0.2, 0.25) is 0 Å². The number of ether oxygens (including phenoxy) is 1. The summed E-state index contributed by atoms with van der Waals surface area (Å²) in [4.78, 5) is 43.5. The highest BCUT2D eigenvalue weighted by Gasteiger charge is 2.63. The van der Waals surface area contributed by atoms with Crippen LogP contribution in [0.5, 0.6) is 0 Å². The van der Waals surface area contributed by atoms with E-state index >= 15 is 8.78 Å². The van der Waals surface area contributed by atoms with E-state index in [-0.39, 0.29) is 35.9 Å². The molecule has 2 N–H and O–H groups in total. The smallest absolute Gasteiger partial charge is 0.328 e. The van der Waals surface area contributed by atoms with E-state index in [2.05, 4.69) is 27.5 Å². The first kappa shape index (κ1) is 21.5. The number of carbonyl (C=O) groups excluding carboxylic acids is 3. The molecule has 3 atom stereocenters. The molecule has 1 spiro atoms. The number of morpholine rings is 1. The topological polar surface area (TPSA) is 101 Å². The molecule has 0 bridgehead atoms. The Morgan fingerprint density at radius 1 is 1.18 bits per heavy atom. The first-order chi connectivity index (χ1) is 15.7. The number of barbiturate groups is 1. The lowest BCUT2D eigenvalue weighted by Crippen LogP contribution is -2.75. The van der Waals surface area contributed by atoms with Gasteiger partial charge in [-0.2, -0.15) is 0 Å². The number of aromatic nitrogens is 1. The van der Waals surface area contributed by atoms with Crippen molar-refractivity contribution in [1.29, 1.82) is 0 Å². The van der Waals surface area contributed by atoms with Gasteiger partial charge in [0.25, 0.3) is 0 Å². The van der Waals surface area contributed by atoms with E-state index < -0.39 is 47.0 Å². The van der Waals surface area contributed by atoms with Gasteiger partial charge in [0.15, 0.2) is 22.1 Å². The normalized spacial score (nSPS) is 25.5. The second-order valence-electron chi connectivity index (χ2n) is 8.28. The summed E-state index contributed by atoms with van der Waals surface area (Å²) in [5.41, 5.74) is -1.76. The van der Waals surface area contributed by atoms with Crippen molar-refractivity contribution >= 4 is 34.9 Å². The molecule has 2 saturated heterocycles. The Kier molecular flexibility index (Phi) is 4.95. The zero-order valence-corrected chi connectivity index (χ0v) is 18.4. The summed E-state index contributed by atoms with van der Waals surface area (Å²) in [6.07, 6.45) is 0.241. The van der Waals surface area contributed by atoms with Crippen molar-refractivity contribution in [3.8, 4) is 11.8 Å². The highest BCUT2D eigenvalue weighted by atomic mass is 32.1. The minimum Gasteiger partial charge on any atom is -0.372 e. The second-order valence-corrected chi connectivity index (χ2v) is 9.18. The molecule has 33 heavy (non-hydrogen) atoms. The Hall–Kier alpha value is -3.36. The monoisotopic (exact) mass is 472 g/mol. The van der Waals surface area contributed by atoms with Gasteiger partial charge in [-0.15, -0.1) is 11.3 Å². The number of hydrogen-bond acceptors (Lipinski definition) is 7. The Balaban J connectivity index is 1.70. The molecule has 3 aliphatic rings. The largest absolute Gasteiger partial charge is 0.372 e. The molecule has 3 aliphatic heterocycles. The first-order valence-electron chi connectivity index (χ1n) is 10.2. The number of amides is 4. The fourth-order valence-corrected chi connectivity index (χ4v) is 5.52. The van der Waals surface area contributed by atoms with Gasteiger partial charge in [-0.25, -0.2) is 18.6 Å². The number of imide groups is 2. The molecule has 11 heteroatoms. The number of rotatable bonds is 0. The lowest BCUT2D eigenvalue weighted by molar-refractivity contribution is -0.153.